The number of amides is 1. The molecular formula is C21H29N3O3S. The van der Waals surface area contributed by atoms with Crippen LogP contribution < -0.4 is 5.32 Å². The van der Waals surface area contributed by atoms with E-state index >= 15 is 0 Å². The minimum absolute atomic E-state index is 0.227. The summed E-state index contributed by atoms with van der Waals surface area (Å²) in [6.45, 7) is 7.37. The second kappa shape index (κ2) is 8.09. The number of rotatable bonds is 5. The van der Waals surface area contributed by atoms with Crippen molar-refractivity contribution < 1.29 is 13.2 Å². The van der Waals surface area contributed by atoms with Gasteiger partial charge in [-0.05, 0) is 44.2 Å². The minimum atomic E-state index is -3.59. The fourth-order valence-electron chi connectivity index (χ4n) is 3.49. The smallest absolute Gasteiger partial charge is 0.268 e. The summed E-state index contributed by atoms with van der Waals surface area (Å²) in [4.78, 5) is 12.9. The second-order valence-electron chi connectivity index (χ2n) is 7.79. The van der Waals surface area contributed by atoms with Gasteiger partial charge in [0.15, 0.2) is 0 Å². The largest absolute Gasteiger partial charge is 0.347 e. The van der Waals surface area contributed by atoms with Gasteiger partial charge >= 0.3 is 0 Å². The molecule has 1 N–H and O–H groups in total. The van der Waals surface area contributed by atoms with Gasteiger partial charge in [-0.3, -0.25) is 4.79 Å². The van der Waals surface area contributed by atoms with Crippen molar-refractivity contribution in [2.75, 3.05) is 13.1 Å². The molecule has 2 aromatic rings. The zero-order valence-corrected chi connectivity index (χ0v) is 17.8. The lowest BCUT2D eigenvalue weighted by Crippen LogP contribution is -2.38. The summed E-state index contributed by atoms with van der Waals surface area (Å²) in [6, 6.07) is 9.45. The molecule has 1 saturated heterocycles. The molecule has 0 spiro atoms. The van der Waals surface area contributed by atoms with E-state index in [1.54, 1.807) is 22.8 Å². The first-order valence-corrected chi connectivity index (χ1v) is 11.1. The number of carbonyl (C=O) groups excluding carboxylic acids is 1. The van der Waals surface area contributed by atoms with Gasteiger partial charge in [-0.1, -0.05) is 36.8 Å². The van der Waals surface area contributed by atoms with Gasteiger partial charge in [-0.2, -0.15) is 4.31 Å². The van der Waals surface area contributed by atoms with E-state index in [0.717, 1.165) is 24.0 Å². The number of nitrogens with zero attached hydrogens (tertiary/aromatic N) is 2. The molecule has 1 fully saturated rings. The maximum Gasteiger partial charge on any atom is 0.268 e. The lowest BCUT2D eigenvalue weighted by atomic mass is 10.0. The summed E-state index contributed by atoms with van der Waals surface area (Å²) in [5.41, 5.74) is 3.10. The summed E-state index contributed by atoms with van der Waals surface area (Å²) >= 11 is 0. The average molecular weight is 404 g/mol. The molecular weight excluding hydrogens is 374 g/mol. The highest BCUT2D eigenvalue weighted by atomic mass is 32.2. The van der Waals surface area contributed by atoms with Crippen molar-refractivity contribution in [2.24, 2.45) is 13.0 Å². The monoisotopic (exact) mass is 403 g/mol. The Hall–Kier alpha value is -2.12. The standard InChI is InChI=1S/C21H29N3O3S/c1-15-5-7-18(8-6-15)14-22-21(25)19-13-20(17(3)23(19)4)28(26,27)24-11-9-16(2)10-12-24/h5-8,13,16H,9-12,14H2,1-4H3,(H,22,25). The summed E-state index contributed by atoms with van der Waals surface area (Å²) in [6.07, 6.45) is 1.74. The van der Waals surface area contributed by atoms with Crippen molar-refractivity contribution in [3.05, 3.63) is 52.8 Å². The molecule has 1 amide bonds. The Morgan fingerprint density at radius 3 is 2.36 bits per heavy atom. The van der Waals surface area contributed by atoms with Crippen LogP contribution in [0.15, 0.2) is 35.2 Å². The van der Waals surface area contributed by atoms with E-state index in [1.165, 1.54) is 6.07 Å². The first kappa shape index (κ1) is 20.6. The minimum Gasteiger partial charge on any atom is -0.347 e. The van der Waals surface area contributed by atoms with Gasteiger partial charge in [0.25, 0.3) is 5.91 Å². The van der Waals surface area contributed by atoms with E-state index in [4.69, 9.17) is 0 Å². The number of carbonyl (C=O) groups is 1. The van der Waals surface area contributed by atoms with Gasteiger partial charge in [0.05, 0.1) is 0 Å². The number of hydrogen-bond acceptors (Lipinski definition) is 3. The van der Waals surface area contributed by atoms with Crippen LogP contribution in [-0.2, 0) is 23.6 Å². The predicted octanol–water partition coefficient (Wildman–Crippen LogP) is 2.99. The molecule has 0 unspecified atom stereocenters. The Labute approximate surface area is 167 Å². The van der Waals surface area contributed by atoms with Crippen LogP contribution in [0.4, 0.5) is 0 Å². The molecule has 7 heteroatoms. The molecule has 1 aromatic carbocycles. The van der Waals surface area contributed by atoms with E-state index in [0.29, 0.717) is 36.9 Å². The van der Waals surface area contributed by atoms with Crippen LogP contribution in [0.5, 0.6) is 0 Å². The average Bonchev–Trinajstić information content (AvgIpc) is 2.97. The molecule has 3 rings (SSSR count). The molecule has 1 aliphatic heterocycles. The van der Waals surface area contributed by atoms with Crippen LogP contribution in [0.3, 0.4) is 0 Å². The molecule has 0 bridgehead atoms. The Morgan fingerprint density at radius 2 is 1.75 bits per heavy atom. The molecule has 0 radical (unpaired) electrons. The fourth-order valence-corrected chi connectivity index (χ4v) is 5.23. The maximum absolute atomic E-state index is 13.1. The van der Waals surface area contributed by atoms with Crippen molar-refractivity contribution in [3.8, 4) is 0 Å². The van der Waals surface area contributed by atoms with Crippen molar-refractivity contribution in [1.29, 1.82) is 0 Å². The number of nitrogens with one attached hydrogen (secondary N) is 1. The van der Waals surface area contributed by atoms with E-state index in [1.807, 2.05) is 31.2 Å². The SMILES string of the molecule is Cc1ccc(CNC(=O)c2cc(S(=O)(=O)N3CCC(C)CC3)c(C)n2C)cc1. The van der Waals surface area contributed by atoms with Crippen LogP contribution in [0.1, 0.15) is 47.1 Å². The number of aromatic nitrogens is 1. The number of aryl methyl sites for hydroxylation is 1. The van der Waals surface area contributed by atoms with E-state index in [9.17, 15) is 13.2 Å². The van der Waals surface area contributed by atoms with Gasteiger partial charge < -0.3 is 9.88 Å². The second-order valence-corrected chi connectivity index (χ2v) is 9.70. The topological polar surface area (TPSA) is 71.4 Å². The van der Waals surface area contributed by atoms with E-state index in [-0.39, 0.29) is 10.8 Å². The highest BCUT2D eigenvalue weighted by Gasteiger charge is 2.32. The Bertz CT molecular complexity index is 954. The van der Waals surface area contributed by atoms with Gasteiger partial charge in [-0.15, -0.1) is 0 Å². The molecule has 2 heterocycles. The van der Waals surface area contributed by atoms with Crippen LogP contribution >= 0.6 is 0 Å². The maximum atomic E-state index is 13.1. The number of hydrogen-bond donors (Lipinski definition) is 1. The zero-order chi connectivity index (χ0) is 20.5. The third-order valence-electron chi connectivity index (χ3n) is 5.66. The number of sulfonamides is 1. The Balaban J connectivity index is 1.78. The molecule has 0 saturated carbocycles. The molecule has 6 nitrogen and oxygen atoms in total. The van der Waals surface area contributed by atoms with Crippen LogP contribution in [-0.4, -0.2) is 36.3 Å². The molecule has 1 aliphatic rings. The van der Waals surface area contributed by atoms with Crippen LogP contribution in [0.25, 0.3) is 0 Å². The van der Waals surface area contributed by atoms with Gasteiger partial charge in [0, 0.05) is 32.4 Å². The lowest BCUT2D eigenvalue weighted by Gasteiger charge is -2.29. The van der Waals surface area contributed by atoms with E-state index < -0.39 is 10.0 Å². The normalized spacial score (nSPS) is 16.3. The van der Waals surface area contributed by atoms with Gasteiger partial charge in [-0.25, -0.2) is 8.42 Å². The van der Waals surface area contributed by atoms with Crippen molar-refractivity contribution in [3.63, 3.8) is 0 Å². The summed E-state index contributed by atoms with van der Waals surface area (Å²) in [5, 5.41) is 2.88. The molecule has 28 heavy (non-hydrogen) atoms. The van der Waals surface area contributed by atoms with Crippen molar-refractivity contribution in [1.82, 2.24) is 14.2 Å². The van der Waals surface area contributed by atoms with E-state index in [2.05, 4.69) is 12.2 Å². The first-order chi connectivity index (χ1) is 13.2. The third kappa shape index (κ3) is 4.15. The molecule has 0 atom stereocenters. The Morgan fingerprint density at radius 1 is 1.14 bits per heavy atom. The van der Waals surface area contributed by atoms with Crippen LogP contribution in [0, 0.1) is 19.8 Å². The lowest BCUT2D eigenvalue weighted by molar-refractivity contribution is 0.0942. The third-order valence-corrected chi connectivity index (χ3v) is 7.67. The van der Waals surface area contributed by atoms with Crippen molar-refractivity contribution >= 4 is 15.9 Å². The van der Waals surface area contributed by atoms with Gasteiger partial charge in [0.1, 0.15) is 10.6 Å². The van der Waals surface area contributed by atoms with Crippen LogP contribution in [0.2, 0.25) is 0 Å². The summed E-state index contributed by atoms with van der Waals surface area (Å²) in [5.74, 6) is 0.270. The summed E-state index contributed by atoms with van der Waals surface area (Å²) < 4.78 is 29.4. The van der Waals surface area contributed by atoms with Gasteiger partial charge in [0.2, 0.25) is 10.0 Å². The Kier molecular flexibility index (Phi) is 5.95. The molecule has 1 aromatic heterocycles. The fraction of sp³-hybridized carbons (Fsp3) is 0.476. The zero-order valence-electron chi connectivity index (χ0n) is 17.0. The quantitative estimate of drug-likeness (QED) is 0.834. The number of piperidine rings is 1. The molecule has 0 aliphatic carbocycles. The predicted molar refractivity (Wildman–Crippen MR) is 110 cm³/mol. The highest BCUT2D eigenvalue weighted by Crippen LogP contribution is 2.27. The first-order valence-electron chi connectivity index (χ1n) is 9.70. The summed E-state index contributed by atoms with van der Waals surface area (Å²) in [7, 11) is -1.86. The number of benzene rings is 1. The highest BCUT2D eigenvalue weighted by molar-refractivity contribution is 7.89. The molecule has 152 valence electrons. The van der Waals surface area contributed by atoms with Crippen molar-refractivity contribution in [2.45, 2.75) is 45.1 Å².